The van der Waals surface area contributed by atoms with Crippen LogP contribution < -0.4 is 19.7 Å². The first kappa shape index (κ1) is 25.1. The summed E-state index contributed by atoms with van der Waals surface area (Å²) in [5, 5.41) is 2.30. The molecule has 1 fully saturated rings. The Morgan fingerprint density at radius 3 is 2.00 bits per heavy atom. The van der Waals surface area contributed by atoms with E-state index in [1.54, 1.807) is 7.11 Å². The molecule has 0 saturated carbocycles. The van der Waals surface area contributed by atoms with Crippen LogP contribution in [0.15, 0.2) is 75.8 Å². The summed E-state index contributed by atoms with van der Waals surface area (Å²) < 4.78 is 20.0. The van der Waals surface area contributed by atoms with Gasteiger partial charge in [0.15, 0.2) is 0 Å². The van der Waals surface area contributed by atoms with Gasteiger partial charge in [0.1, 0.15) is 10.7 Å². The number of hydrogen-bond acceptors (Lipinski definition) is 4. The van der Waals surface area contributed by atoms with Crippen molar-refractivity contribution in [2.24, 2.45) is 0 Å². The van der Waals surface area contributed by atoms with Crippen LogP contribution in [0.1, 0.15) is 47.5 Å². The average Bonchev–Trinajstić information content (AvgIpc) is 3.45. The molecule has 0 N–H and O–H groups in total. The molecule has 0 aliphatic carbocycles. The third kappa shape index (κ3) is 4.36. The lowest BCUT2D eigenvalue weighted by Gasteiger charge is -2.42. The van der Waals surface area contributed by atoms with Crippen LogP contribution in [-0.4, -0.2) is 33.6 Å². The van der Waals surface area contributed by atoms with E-state index in [0.717, 1.165) is 29.5 Å². The predicted molar refractivity (Wildman–Crippen MR) is 146 cm³/mol. The Bertz CT molecular complexity index is 1050. The molecule has 0 spiro atoms. The number of furan rings is 1. The van der Waals surface area contributed by atoms with Gasteiger partial charge in [-0.3, -0.25) is 0 Å². The van der Waals surface area contributed by atoms with Crippen molar-refractivity contribution in [2.45, 2.75) is 64.1 Å². The lowest BCUT2D eigenvalue weighted by atomic mass is 9.96. The zero-order valence-corrected chi connectivity index (χ0v) is 23.7. The lowest BCUT2D eigenvalue weighted by Crippen LogP contribution is -2.68. The summed E-state index contributed by atoms with van der Waals surface area (Å²) in [6.07, 6.45) is 4.05. The van der Waals surface area contributed by atoms with Crippen LogP contribution in [0.2, 0.25) is 5.04 Å². The SMILES string of the molecule is COC(C)(C)[C@@H]1CCCN1c1coc(O[Si](c2ccccc2)(c2ccccc2)C(C)(C)C)c1Br. The number of halogens is 1. The Labute approximate surface area is 213 Å². The minimum Gasteiger partial charge on any atom is -0.508 e. The molecule has 4 rings (SSSR count). The summed E-state index contributed by atoms with van der Waals surface area (Å²) in [4.78, 5) is 2.40. The van der Waals surface area contributed by atoms with Gasteiger partial charge in [0.25, 0.3) is 5.95 Å². The average molecular weight is 543 g/mol. The van der Waals surface area contributed by atoms with Crippen LogP contribution in [0.25, 0.3) is 0 Å². The van der Waals surface area contributed by atoms with Gasteiger partial charge >= 0.3 is 8.32 Å². The van der Waals surface area contributed by atoms with E-state index in [4.69, 9.17) is 13.6 Å². The number of anilines is 1. The molecule has 1 aromatic heterocycles. The number of methoxy groups -OCH3 is 1. The van der Waals surface area contributed by atoms with E-state index < -0.39 is 8.32 Å². The normalized spacial score (nSPS) is 17.3. The molecule has 2 aromatic carbocycles. The van der Waals surface area contributed by atoms with Crippen molar-refractivity contribution in [3.05, 3.63) is 71.4 Å². The van der Waals surface area contributed by atoms with Crippen molar-refractivity contribution in [1.82, 2.24) is 0 Å². The molecule has 1 aliphatic rings. The maximum atomic E-state index is 7.12. The number of hydrogen-bond donors (Lipinski definition) is 0. The quantitative estimate of drug-likeness (QED) is 0.325. The number of rotatable bonds is 7. The minimum absolute atomic E-state index is 0.143. The van der Waals surface area contributed by atoms with Crippen LogP contribution in [-0.2, 0) is 4.74 Å². The maximum absolute atomic E-state index is 7.12. The molecule has 6 heteroatoms. The standard InChI is InChI=1S/C28H36BrNO3Si/c1-27(2,3)34(21-14-9-7-10-15-21,22-16-11-8-12-17-22)33-26-25(29)23(20-32-26)30-19-13-18-24(30)28(4,5)31-6/h7-12,14-17,20,24H,13,18-19H2,1-6H3/t24-/m0/s1. The van der Waals surface area contributed by atoms with E-state index in [2.05, 4.69) is 116 Å². The van der Waals surface area contributed by atoms with Crippen LogP contribution >= 0.6 is 15.9 Å². The summed E-state index contributed by atoms with van der Waals surface area (Å²) in [6.45, 7) is 12.1. The van der Waals surface area contributed by atoms with E-state index in [1.807, 2.05) is 6.26 Å². The second-order valence-corrected chi connectivity index (χ2v) is 15.7. The van der Waals surface area contributed by atoms with Gasteiger partial charge in [-0.2, -0.15) is 0 Å². The summed E-state index contributed by atoms with van der Waals surface area (Å²) in [5.41, 5.74) is 0.771. The Morgan fingerprint density at radius 1 is 0.941 bits per heavy atom. The summed E-state index contributed by atoms with van der Waals surface area (Å²) >= 11 is 3.86. The Kier molecular flexibility index (Phi) is 7.05. The molecule has 0 unspecified atom stereocenters. The van der Waals surface area contributed by atoms with E-state index >= 15 is 0 Å². The first-order chi connectivity index (χ1) is 16.1. The zero-order valence-electron chi connectivity index (χ0n) is 21.1. The van der Waals surface area contributed by atoms with E-state index in [-0.39, 0.29) is 16.7 Å². The first-order valence-electron chi connectivity index (χ1n) is 12.0. The molecule has 4 nitrogen and oxygen atoms in total. The van der Waals surface area contributed by atoms with E-state index in [1.165, 1.54) is 10.4 Å². The topological polar surface area (TPSA) is 34.8 Å². The molecule has 1 aliphatic heterocycles. The highest BCUT2D eigenvalue weighted by molar-refractivity contribution is 9.10. The summed E-state index contributed by atoms with van der Waals surface area (Å²) in [7, 11) is -0.985. The lowest BCUT2D eigenvalue weighted by molar-refractivity contribution is 0.00189. The molecular weight excluding hydrogens is 506 g/mol. The molecule has 1 atom stereocenters. The zero-order chi connectivity index (χ0) is 24.6. The Hall–Kier alpha value is -2.02. The fourth-order valence-electron chi connectivity index (χ4n) is 5.28. The molecule has 0 amide bonds. The molecule has 0 radical (unpaired) electrons. The monoisotopic (exact) mass is 541 g/mol. The molecular formula is C28H36BrNO3Si. The van der Waals surface area contributed by atoms with Gasteiger partial charge < -0.3 is 18.5 Å². The Morgan fingerprint density at radius 2 is 1.50 bits per heavy atom. The van der Waals surface area contributed by atoms with Crippen LogP contribution in [0.3, 0.4) is 0 Å². The van der Waals surface area contributed by atoms with Crippen molar-refractivity contribution >= 4 is 40.3 Å². The van der Waals surface area contributed by atoms with Crippen molar-refractivity contribution in [3.8, 4) is 5.95 Å². The van der Waals surface area contributed by atoms with Crippen molar-refractivity contribution in [3.63, 3.8) is 0 Å². The van der Waals surface area contributed by atoms with Gasteiger partial charge in [0.05, 0.1) is 17.3 Å². The smallest absolute Gasteiger partial charge is 0.324 e. The predicted octanol–water partition coefficient (Wildman–Crippen LogP) is 6.37. The fraction of sp³-hybridized carbons (Fsp3) is 0.429. The van der Waals surface area contributed by atoms with E-state index in [0.29, 0.717) is 5.95 Å². The molecule has 3 aromatic rings. The van der Waals surface area contributed by atoms with E-state index in [9.17, 15) is 0 Å². The number of nitrogens with zero attached hydrogens (tertiary/aromatic N) is 1. The van der Waals surface area contributed by atoms with Gasteiger partial charge in [0, 0.05) is 13.7 Å². The molecule has 182 valence electrons. The van der Waals surface area contributed by atoms with Gasteiger partial charge in [0.2, 0.25) is 0 Å². The highest BCUT2D eigenvalue weighted by Crippen LogP contribution is 2.45. The van der Waals surface area contributed by atoms with Crippen LogP contribution in [0, 0.1) is 0 Å². The number of benzene rings is 2. The second kappa shape index (κ2) is 9.55. The molecule has 0 bridgehead atoms. The maximum Gasteiger partial charge on any atom is 0.324 e. The fourth-order valence-corrected chi connectivity index (χ4v) is 10.3. The van der Waals surface area contributed by atoms with Gasteiger partial charge in [-0.05, 0) is 58.0 Å². The molecule has 2 heterocycles. The summed E-state index contributed by atoms with van der Waals surface area (Å²) in [5.74, 6) is 0.546. The third-order valence-corrected chi connectivity index (χ3v) is 12.9. The van der Waals surface area contributed by atoms with Crippen LogP contribution in [0.5, 0.6) is 5.95 Å². The van der Waals surface area contributed by atoms with Crippen molar-refractivity contribution < 1.29 is 13.6 Å². The number of ether oxygens (including phenoxy) is 1. The first-order valence-corrected chi connectivity index (χ1v) is 14.7. The van der Waals surface area contributed by atoms with Crippen molar-refractivity contribution in [2.75, 3.05) is 18.6 Å². The Balaban J connectivity index is 1.81. The minimum atomic E-state index is -2.78. The van der Waals surface area contributed by atoms with Gasteiger partial charge in [-0.1, -0.05) is 81.4 Å². The van der Waals surface area contributed by atoms with Gasteiger partial charge in [-0.25, -0.2) is 0 Å². The largest absolute Gasteiger partial charge is 0.508 e. The third-order valence-electron chi connectivity index (χ3n) is 7.24. The highest BCUT2D eigenvalue weighted by Gasteiger charge is 2.53. The summed E-state index contributed by atoms with van der Waals surface area (Å²) in [6, 6.07) is 21.5. The second-order valence-electron chi connectivity index (χ2n) is 10.6. The molecule has 1 saturated heterocycles. The van der Waals surface area contributed by atoms with Crippen molar-refractivity contribution in [1.29, 1.82) is 0 Å². The van der Waals surface area contributed by atoms with Crippen LogP contribution in [0.4, 0.5) is 5.69 Å². The molecule has 34 heavy (non-hydrogen) atoms. The highest BCUT2D eigenvalue weighted by atomic mass is 79.9. The van der Waals surface area contributed by atoms with Gasteiger partial charge in [-0.15, -0.1) is 0 Å².